The van der Waals surface area contributed by atoms with Crippen molar-refractivity contribution in [2.24, 2.45) is 0 Å². The van der Waals surface area contributed by atoms with Crippen molar-refractivity contribution < 1.29 is 4.79 Å². The molecule has 0 unspecified atom stereocenters. The van der Waals surface area contributed by atoms with Crippen LogP contribution in [0.25, 0.3) is 0 Å². The van der Waals surface area contributed by atoms with Crippen molar-refractivity contribution in [1.82, 2.24) is 0 Å². The number of piperidine rings is 1. The molecule has 0 amide bonds. The van der Waals surface area contributed by atoms with Crippen molar-refractivity contribution in [3.63, 3.8) is 0 Å². The molecule has 2 nitrogen and oxygen atoms in total. The maximum atomic E-state index is 11.7. The second kappa shape index (κ2) is 4.17. The molecule has 0 saturated carbocycles. The van der Waals surface area contributed by atoms with Crippen LogP contribution in [0.2, 0.25) is 0 Å². The quantitative estimate of drug-likeness (QED) is 0.739. The van der Waals surface area contributed by atoms with Crippen LogP contribution in [0.4, 0.5) is 5.69 Å². The summed E-state index contributed by atoms with van der Waals surface area (Å²) >= 11 is 0. The van der Waals surface area contributed by atoms with Crippen LogP contribution in [0.3, 0.4) is 0 Å². The molecule has 1 aliphatic rings. The maximum absolute atomic E-state index is 11.7. The predicted octanol–water partition coefficient (Wildman–Crippen LogP) is 3.25. The number of hydrogen-bond donors (Lipinski definition) is 0. The molecule has 1 aromatic carbocycles. The van der Waals surface area contributed by atoms with Gasteiger partial charge in [0.2, 0.25) is 0 Å². The van der Waals surface area contributed by atoms with Gasteiger partial charge in [-0.2, -0.15) is 0 Å². The van der Waals surface area contributed by atoms with Gasteiger partial charge in [-0.25, -0.2) is 0 Å². The molecule has 0 aliphatic carbocycles. The Balaban J connectivity index is 2.46. The van der Waals surface area contributed by atoms with E-state index in [-0.39, 0.29) is 5.54 Å². The van der Waals surface area contributed by atoms with Crippen molar-refractivity contribution in [2.45, 2.75) is 46.1 Å². The van der Waals surface area contributed by atoms with Gasteiger partial charge in [-0.05, 0) is 45.2 Å². The van der Waals surface area contributed by atoms with Gasteiger partial charge in [0, 0.05) is 17.6 Å². The van der Waals surface area contributed by atoms with Gasteiger partial charge in [0.15, 0.2) is 5.78 Å². The molecule has 1 aliphatic heterocycles. The van der Waals surface area contributed by atoms with Crippen LogP contribution < -0.4 is 4.90 Å². The Kier molecular flexibility index (Phi) is 2.98. The Morgan fingerprint density at radius 2 is 1.76 bits per heavy atom. The van der Waals surface area contributed by atoms with E-state index >= 15 is 0 Å². The second-order valence-electron chi connectivity index (χ2n) is 5.68. The van der Waals surface area contributed by atoms with Crippen LogP contribution in [0.5, 0.6) is 0 Å². The number of carbonyl (C=O) groups is 1. The number of aryl methyl sites for hydroxylation is 2. The molecule has 0 bridgehead atoms. The Morgan fingerprint density at radius 3 is 2.35 bits per heavy atom. The highest BCUT2D eigenvalue weighted by atomic mass is 16.1. The molecule has 0 spiro atoms. The minimum atomic E-state index is 0.0742. The minimum absolute atomic E-state index is 0.0742. The first-order valence-electron chi connectivity index (χ1n) is 6.27. The standard InChI is InChI=1S/C15H21NO/c1-11-6-5-7-12(2)14(11)16-10-13(17)8-9-15(16,3)4/h5-7H,8-10H2,1-4H3. The van der Waals surface area contributed by atoms with E-state index < -0.39 is 0 Å². The summed E-state index contributed by atoms with van der Waals surface area (Å²) in [7, 11) is 0. The molecule has 0 radical (unpaired) electrons. The van der Waals surface area contributed by atoms with E-state index in [1.54, 1.807) is 0 Å². The van der Waals surface area contributed by atoms with E-state index in [0.717, 1.165) is 6.42 Å². The molecule has 2 rings (SSSR count). The largest absolute Gasteiger partial charge is 0.359 e. The number of ketones is 1. The summed E-state index contributed by atoms with van der Waals surface area (Å²) < 4.78 is 0. The monoisotopic (exact) mass is 231 g/mol. The van der Waals surface area contributed by atoms with Crippen LogP contribution in [-0.4, -0.2) is 17.9 Å². The molecule has 0 N–H and O–H groups in total. The van der Waals surface area contributed by atoms with Gasteiger partial charge in [-0.1, -0.05) is 18.2 Å². The fraction of sp³-hybridized carbons (Fsp3) is 0.533. The molecular weight excluding hydrogens is 210 g/mol. The molecule has 1 heterocycles. The first-order valence-corrected chi connectivity index (χ1v) is 6.27. The van der Waals surface area contributed by atoms with E-state index in [9.17, 15) is 4.79 Å². The fourth-order valence-corrected chi connectivity index (χ4v) is 2.66. The average Bonchev–Trinajstić information content (AvgIpc) is 2.23. The van der Waals surface area contributed by atoms with Crippen molar-refractivity contribution >= 4 is 11.5 Å². The number of rotatable bonds is 1. The Morgan fingerprint density at radius 1 is 1.18 bits per heavy atom. The Labute approximate surface area is 104 Å². The smallest absolute Gasteiger partial charge is 0.152 e. The summed E-state index contributed by atoms with van der Waals surface area (Å²) in [6.07, 6.45) is 1.66. The lowest BCUT2D eigenvalue weighted by atomic mass is 9.88. The summed E-state index contributed by atoms with van der Waals surface area (Å²) in [5, 5.41) is 0. The van der Waals surface area contributed by atoms with Crippen molar-refractivity contribution in [3.8, 4) is 0 Å². The second-order valence-corrected chi connectivity index (χ2v) is 5.68. The van der Waals surface area contributed by atoms with Gasteiger partial charge in [-0.15, -0.1) is 0 Å². The molecule has 1 saturated heterocycles. The van der Waals surface area contributed by atoms with E-state index in [2.05, 4.69) is 50.8 Å². The summed E-state index contributed by atoms with van der Waals surface area (Å²) in [6, 6.07) is 6.32. The van der Waals surface area contributed by atoms with Crippen LogP contribution in [0.1, 0.15) is 37.8 Å². The van der Waals surface area contributed by atoms with Gasteiger partial charge in [0.1, 0.15) is 0 Å². The van der Waals surface area contributed by atoms with Gasteiger partial charge in [0.25, 0.3) is 0 Å². The van der Waals surface area contributed by atoms with Gasteiger partial charge in [0.05, 0.1) is 6.54 Å². The summed E-state index contributed by atoms with van der Waals surface area (Å²) in [6.45, 7) is 9.25. The van der Waals surface area contributed by atoms with Crippen LogP contribution in [0.15, 0.2) is 18.2 Å². The zero-order chi connectivity index (χ0) is 12.6. The fourth-order valence-electron chi connectivity index (χ4n) is 2.66. The molecular formula is C15H21NO. The lowest BCUT2D eigenvalue weighted by Crippen LogP contribution is -2.51. The van der Waals surface area contributed by atoms with Crippen LogP contribution >= 0.6 is 0 Å². The third-order valence-corrected chi connectivity index (χ3v) is 3.79. The van der Waals surface area contributed by atoms with Crippen LogP contribution in [0, 0.1) is 13.8 Å². The molecule has 17 heavy (non-hydrogen) atoms. The average molecular weight is 231 g/mol. The van der Waals surface area contributed by atoms with Gasteiger partial charge >= 0.3 is 0 Å². The molecule has 2 heteroatoms. The highest BCUT2D eigenvalue weighted by molar-refractivity contribution is 5.86. The van der Waals surface area contributed by atoms with Gasteiger partial charge in [-0.3, -0.25) is 4.79 Å². The normalized spacial score (nSPS) is 19.5. The Hall–Kier alpha value is -1.31. The number of hydrogen-bond acceptors (Lipinski definition) is 2. The summed E-state index contributed by atoms with van der Waals surface area (Å²) in [5.41, 5.74) is 3.83. The maximum Gasteiger partial charge on any atom is 0.152 e. The number of Topliss-reactive ketones (excluding diaryl/α,β-unsaturated/α-hetero) is 1. The lowest BCUT2D eigenvalue weighted by Gasteiger charge is -2.44. The third kappa shape index (κ3) is 2.21. The molecule has 1 fully saturated rings. The third-order valence-electron chi connectivity index (χ3n) is 3.79. The number of para-hydroxylation sites is 1. The number of nitrogens with zero attached hydrogens (tertiary/aromatic N) is 1. The SMILES string of the molecule is Cc1cccc(C)c1N1CC(=O)CCC1(C)C. The van der Waals surface area contributed by atoms with Crippen molar-refractivity contribution in [1.29, 1.82) is 0 Å². The molecule has 1 aromatic rings. The number of carbonyl (C=O) groups excluding carboxylic acids is 1. The van der Waals surface area contributed by atoms with Gasteiger partial charge < -0.3 is 4.90 Å². The minimum Gasteiger partial charge on any atom is -0.359 e. The highest BCUT2D eigenvalue weighted by Crippen LogP contribution is 2.35. The van der Waals surface area contributed by atoms with E-state index in [4.69, 9.17) is 0 Å². The number of benzene rings is 1. The van der Waals surface area contributed by atoms with E-state index in [1.807, 2.05) is 0 Å². The lowest BCUT2D eigenvalue weighted by molar-refractivity contribution is -0.119. The first-order chi connectivity index (χ1) is 7.92. The van der Waals surface area contributed by atoms with Crippen molar-refractivity contribution in [2.75, 3.05) is 11.4 Å². The van der Waals surface area contributed by atoms with E-state index in [0.29, 0.717) is 18.7 Å². The first kappa shape index (κ1) is 12.2. The predicted molar refractivity (Wildman–Crippen MR) is 71.6 cm³/mol. The molecule has 0 atom stereocenters. The summed E-state index contributed by atoms with van der Waals surface area (Å²) in [5.74, 6) is 0.354. The topological polar surface area (TPSA) is 20.3 Å². The zero-order valence-corrected chi connectivity index (χ0v) is 11.2. The highest BCUT2D eigenvalue weighted by Gasteiger charge is 2.34. The van der Waals surface area contributed by atoms with E-state index in [1.165, 1.54) is 16.8 Å². The summed E-state index contributed by atoms with van der Waals surface area (Å²) in [4.78, 5) is 14.0. The zero-order valence-electron chi connectivity index (χ0n) is 11.2. The number of anilines is 1. The van der Waals surface area contributed by atoms with Crippen LogP contribution in [-0.2, 0) is 4.79 Å². The Bertz CT molecular complexity index is 428. The molecule has 0 aromatic heterocycles. The molecule has 92 valence electrons. The van der Waals surface area contributed by atoms with Crippen molar-refractivity contribution in [3.05, 3.63) is 29.3 Å².